The molecule has 0 amide bonds. The highest BCUT2D eigenvalue weighted by Crippen LogP contribution is 2.35. The van der Waals surface area contributed by atoms with Crippen molar-refractivity contribution in [2.45, 2.75) is 0 Å². The van der Waals surface area contributed by atoms with E-state index < -0.39 is 0 Å². The lowest BCUT2D eigenvalue weighted by Gasteiger charge is -2.12. The third kappa shape index (κ3) is 2.84. The first-order valence-electron chi connectivity index (χ1n) is 8.91. The van der Waals surface area contributed by atoms with Crippen LogP contribution < -0.4 is 4.74 Å². The fourth-order valence-corrected chi connectivity index (χ4v) is 3.38. The molecule has 0 aliphatic heterocycles. The summed E-state index contributed by atoms with van der Waals surface area (Å²) in [6.07, 6.45) is 5.03. The van der Waals surface area contributed by atoms with Gasteiger partial charge in [0.2, 0.25) is 5.88 Å². The predicted molar refractivity (Wildman–Crippen MR) is 108 cm³/mol. The molecule has 5 rings (SSSR count). The molecule has 0 unspecified atom stereocenters. The fourth-order valence-electron chi connectivity index (χ4n) is 3.38. The van der Waals surface area contributed by atoms with Gasteiger partial charge in [0, 0.05) is 40.5 Å². The molecule has 4 heterocycles. The first kappa shape index (κ1) is 17.1. The monoisotopic (exact) mass is 383 g/mol. The topological polar surface area (TPSA) is 73.7 Å². The highest BCUT2D eigenvalue weighted by molar-refractivity contribution is 6.03. The van der Waals surface area contributed by atoms with E-state index in [9.17, 15) is 4.39 Å². The number of fused-ring (bicyclic) bond motifs is 2. The summed E-state index contributed by atoms with van der Waals surface area (Å²) in [6.45, 7) is 0. The molecule has 4 aromatic heterocycles. The second-order valence-electron chi connectivity index (χ2n) is 6.39. The van der Waals surface area contributed by atoms with Gasteiger partial charge in [0.1, 0.15) is 11.5 Å². The normalized spacial score (nSPS) is 11.1. The van der Waals surface area contributed by atoms with E-state index in [1.807, 2.05) is 24.3 Å². The smallest absolute Gasteiger partial charge is 0.242 e. The Bertz CT molecular complexity index is 1370. The molecule has 0 radical (unpaired) electrons. The lowest BCUT2D eigenvalue weighted by Crippen LogP contribution is -1.99. The van der Waals surface area contributed by atoms with E-state index in [0.29, 0.717) is 28.5 Å². The zero-order chi connectivity index (χ0) is 19.8. The lowest BCUT2D eigenvalue weighted by molar-refractivity contribution is 0.398. The van der Waals surface area contributed by atoms with Crippen molar-refractivity contribution in [1.82, 2.24) is 25.1 Å². The summed E-state index contributed by atoms with van der Waals surface area (Å²) in [5.74, 6) is 0.0405. The zero-order valence-corrected chi connectivity index (χ0v) is 15.4. The van der Waals surface area contributed by atoms with Crippen LogP contribution in [0.1, 0.15) is 0 Å². The molecular weight excluding hydrogens is 369 g/mol. The number of halogens is 1. The molecule has 0 saturated carbocycles. The predicted octanol–water partition coefficient (Wildman–Crippen LogP) is 4.45. The van der Waals surface area contributed by atoms with Crippen molar-refractivity contribution in [3.8, 4) is 28.4 Å². The van der Waals surface area contributed by atoms with Crippen LogP contribution in [0.5, 0.6) is 5.88 Å². The van der Waals surface area contributed by atoms with Gasteiger partial charge in [-0.05, 0) is 36.4 Å². The van der Waals surface area contributed by atoms with Gasteiger partial charge >= 0.3 is 0 Å². The molecule has 0 aliphatic rings. The van der Waals surface area contributed by atoms with E-state index in [1.165, 1.54) is 13.2 Å². The van der Waals surface area contributed by atoms with Crippen LogP contribution in [0.25, 0.3) is 44.3 Å². The van der Waals surface area contributed by atoms with Gasteiger partial charge in [-0.1, -0.05) is 12.1 Å². The van der Waals surface area contributed by atoms with E-state index in [4.69, 9.17) is 4.74 Å². The molecule has 0 atom stereocenters. The molecule has 5 aromatic rings. The maximum atomic E-state index is 14.4. The quantitative estimate of drug-likeness (QED) is 0.458. The number of rotatable bonds is 3. The molecule has 6 nitrogen and oxygen atoms in total. The van der Waals surface area contributed by atoms with E-state index in [-0.39, 0.29) is 5.82 Å². The van der Waals surface area contributed by atoms with Crippen LogP contribution in [-0.2, 0) is 0 Å². The van der Waals surface area contributed by atoms with Gasteiger partial charge in [-0.15, -0.1) is 10.2 Å². The maximum Gasteiger partial charge on any atom is 0.242 e. The largest absolute Gasteiger partial charge is 0.479 e. The number of nitrogens with zero attached hydrogens (tertiary/aromatic N) is 5. The van der Waals surface area contributed by atoms with Crippen LogP contribution in [0.15, 0.2) is 67.1 Å². The van der Waals surface area contributed by atoms with Crippen molar-refractivity contribution in [2.75, 3.05) is 7.11 Å². The van der Waals surface area contributed by atoms with E-state index in [2.05, 4.69) is 25.1 Å². The molecule has 7 heteroatoms. The molecular formula is C22H14FN5O. The van der Waals surface area contributed by atoms with Gasteiger partial charge in [-0.2, -0.15) is 0 Å². The third-order valence-electron chi connectivity index (χ3n) is 4.73. The van der Waals surface area contributed by atoms with Crippen LogP contribution in [0.3, 0.4) is 0 Å². The van der Waals surface area contributed by atoms with E-state index >= 15 is 0 Å². The molecule has 0 spiro atoms. The minimum absolute atomic E-state index is 0.351. The second kappa shape index (κ2) is 6.87. The van der Waals surface area contributed by atoms with Crippen LogP contribution in [0.2, 0.25) is 0 Å². The molecule has 0 bridgehead atoms. The number of methoxy groups -OCH3 is 1. The Morgan fingerprint density at radius 3 is 2.62 bits per heavy atom. The molecule has 140 valence electrons. The Hall–Kier alpha value is -4.00. The van der Waals surface area contributed by atoms with Gasteiger partial charge in [0.15, 0.2) is 5.65 Å². The van der Waals surface area contributed by atoms with E-state index in [0.717, 1.165) is 21.7 Å². The Balaban J connectivity index is 1.87. The SMILES string of the molecule is COc1nnc(-c2cc(-c3ccccc3F)nc3ncccc23)c2ccncc12. The maximum absolute atomic E-state index is 14.4. The summed E-state index contributed by atoms with van der Waals surface area (Å²) < 4.78 is 19.8. The van der Waals surface area contributed by atoms with Crippen molar-refractivity contribution in [1.29, 1.82) is 0 Å². The molecule has 0 saturated heterocycles. The average Bonchev–Trinajstić information content (AvgIpc) is 2.78. The van der Waals surface area contributed by atoms with Crippen molar-refractivity contribution in [2.24, 2.45) is 0 Å². The van der Waals surface area contributed by atoms with Gasteiger partial charge in [0.05, 0.1) is 18.2 Å². The summed E-state index contributed by atoms with van der Waals surface area (Å²) in [4.78, 5) is 13.1. The van der Waals surface area contributed by atoms with Gasteiger partial charge < -0.3 is 4.74 Å². The number of benzene rings is 1. The standard InChI is InChI=1S/C22H14FN5O/c1-29-22-17-12-24-10-8-13(17)20(27-28-22)16-11-19(15-5-2-3-7-18(15)23)26-21-14(16)6-4-9-25-21/h2-12H,1H3. The van der Waals surface area contributed by atoms with Gasteiger partial charge in [-0.25, -0.2) is 14.4 Å². The number of aromatic nitrogens is 5. The molecule has 1 aromatic carbocycles. The Morgan fingerprint density at radius 2 is 1.76 bits per heavy atom. The number of ether oxygens (including phenoxy) is 1. The van der Waals surface area contributed by atoms with Crippen LogP contribution in [0, 0.1) is 5.82 Å². The van der Waals surface area contributed by atoms with Crippen LogP contribution in [0.4, 0.5) is 4.39 Å². The summed E-state index contributed by atoms with van der Waals surface area (Å²) in [6, 6.07) is 13.9. The fraction of sp³-hybridized carbons (Fsp3) is 0.0455. The van der Waals surface area contributed by atoms with Crippen molar-refractivity contribution < 1.29 is 9.13 Å². The summed E-state index contributed by atoms with van der Waals surface area (Å²) in [5, 5.41) is 11.0. The van der Waals surface area contributed by atoms with Gasteiger partial charge in [-0.3, -0.25) is 4.98 Å². The van der Waals surface area contributed by atoms with Crippen LogP contribution >= 0.6 is 0 Å². The highest BCUT2D eigenvalue weighted by atomic mass is 19.1. The number of pyridine rings is 3. The second-order valence-corrected chi connectivity index (χ2v) is 6.39. The Labute approximate surface area is 165 Å². The lowest BCUT2D eigenvalue weighted by atomic mass is 10.0. The molecule has 29 heavy (non-hydrogen) atoms. The van der Waals surface area contributed by atoms with Crippen LogP contribution in [-0.4, -0.2) is 32.3 Å². The number of hydrogen-bond donors (Lipinski definition) is 0. The number of hydrogen-bond acceptors (Lipinski definition) is 6. The van der Waals surface area contributed by atoms with E-state index in [1.54, 1.807) is 36.8 Å². The minimum atomic E-state index is -0.351. The highest BCUT2D eigenvalue weighted by Gasteiger charge is 2.17. The first-order valence-corrected chi connectivity index (χ1v) is 8.91. The summed E-state index contributed by atoms with van der Waals surface area (Å²) in [7, 11) is 1.54. The van der Waals surface area contributed by atoms with Crippen molar-refractivity contribution in [3.05, 3.63) is 72.9 Å². The first-order chi connectivity index (χ1) is 14.3. The third-order valence-corrected chi connectivity index (χ3v) is 4.73. The summed E-state index contributed by atoms with van der Waals surface area (Å²) >= 11 is 0. The average molecular weight is 383 g/mol. The minimum Gasteiger partial charge on any atom is -0.479 e. The summed E-state index contributed by atoms with van der Waals surface area (Å²) in [5.41, 5.74) is 2.76. The molecule has 0 aliphatic carbocycles. The van der Waals surface area contributed by atoms with Crippen molar-refractivity contribution in [3.63, 3.8) is 0 Å². The molecule has 0 N–H and O–H groups in total. The Morgan fingerprint density at radius 1 is 0.862 bits per heavy atom. The van der Waals surface area contributed by atoms with Gasteiger partial charge in [0.25, 0.3) is 0 Å². The zero-order valence-electron chi connectivity index (χ0n) is 15.4. The molecule has 0 fully saturated rings. The Kier molecular flexibility index (Phi) is 4.05. The van der Waals surface area contributed by atoms with Crippen molar-refractivity contribution >= 4 is 21.8 Å².